The Bertz CT molecular complexity index is 481. The Morgan fingerprint density at radius 2 is 2.15 bits per heavy atom. The van der Waals surface area contributed by atoms with Crippen LogP contribution in [-0.4, -0.2) is 16.9 Å². The number of hydrogen-bond acceptors (Lipinski definition) is 3. The Morgan fingerprint density at radius 1 is 1.40 bits per heavy atom. The first-order valence-electron chi connectivity index (χ1n) is 7.40. The van der Waals surface area contributed by atoms with Gasteiger partial charge in [0.05, 0.1) is 5.56 Å². The molecule has 1 aromatic rings. The Balaban J connectivity index is 1.84. The first kappa shape index (κ1) is 14.5. The number of nitriles is 1. The van der Waals surface area contributed by atoms with Gasteiger partial charge in [-0.05, 0) is 43.7 Å². The number of carbonyl (C=O) groups is 1. The summed E-state index contributed by atoms with van der Waals surface area (Å²) >= 11 is 0. The zero-order chi connectivity index (χ0) is 14.4. The minimum absolute atomic E-state index is 0.131. The van der Waals surface area contributed by atoms with Crippen molar-refractivity contribution in [2.45, 2.75) is 51.5 Å². The van der Waals surface area contributed by atoms with Crippen molar-refractivity contribution < 1.29 is 4.79 Å². The normalized spacial score (nSPS) is 22.0. The lowest BCUT2D eigenvalue weighted by Crippen LogP contribution is -2.38. The van der Waals surface area contributed by atoms with Gasteiger partial charge in [0.15, 0.2) is 0 Å². The van der Waals surface area contributed by atoms with Gasteiger partial charge < -0.3 is 5.32 Å². The highest BCUT2D eigenvalue weighted by atomic mass is 16.1. The van der Waals surface area contributed by atoms with E-state index >= 15 is 0 Å². The van der Waals surface area contributed by atoms with Crippen molar-refractivity contribution in [1.29, 1.82) is 5.26 Å². The number of nitrogens with one attached hydrogen (secondary N) is 1. The van der Waals surface area contributed by atoms with Crippen molar-refractivity contribution in [2.75, 3.05) is 0 Å². The molecule has 0 aromatic carbocycles. The quantitative estimate of drug-likeness (QED) is 0.915. The van der Waals surface area contributed by atoms with E-state index in [1.165, 1.54) is 31.9 Å². The maximum atomic E-state index is 12.1. The maximum absolute atomic E-state index is 12.1. The van der Waals surface area contributed by atoms with Gasteiger partial charge >= 0.3 is 0 Å². The lowest BCUT2D eigenvalue weighted by atomic mass is 9.83. The average Bonchev–Trinajstić information content (AvgIpc) is 2.49. The van der Waals surface area contributed by atoms with Crippen molar-refractivity contribution in [1.82, 2.24) is 10.3 Å². The van der Waals surface area contributed by atoms with Crippen molar-refractivity contribution in [3.8, 4) is 6.07 Å². The third-order valence-corrected chi connectivity index (χ3v) is 4.00. The summed E-state index contributed by atoms with van der Waals surface area (Å²) in [6.45, 7) is 2.23. The second kappa shape index (κ2) is 7.04. The predicted octanol–water partition coefficient (Wildman–Crippen LogP) is 3.04. The molecule has 1 heterocycles. The Morgan fingerprint density at radius 3 is 2.70 bits per heavy atom. The highest BCUT2D eigenvalue weighted by molar-refractivity contribution is 5.92. The summed E-state index contributed by atoms with van der Waals surface area (Å²) in [5.74, 6) is 0.703. The fourth-order valence-electron chi connectivity index (χ4n) is 2.86. The summed E-state index contributed by atoms with van der Waals surface area (Å²) in [5.41, 5.74) is 0.862. The van der Waals surface area contributed by atoms with Crippen LogP contribution in [0.3, 0.4) is 0 Å². The second-order valence-corrected chi connectivity index (χ2v) is 5.52. The van der Waals surface area contributed by atoms with Gasteiger partial charge in [0.1, 0.15) is 11.8 Å². The molecule has 0 aliphatic heterocycles. The van der Waals surface area contributed by atoms with Gasteiger partial charge in [-0.3, -0.25) is 4.79 Å². The van der Waals surface area contributed by atoms with E-state index in [4.69, 9.17) is 5.26 Å². The first-order valence-corrected chi connectivity index (χ1v) is 7.40. The van der Waals surface area contributed by atoms with E-state index in [-0.39, 0.29) is 11.9 Å². The smallest absolute Gasteiger partial charge is 0.270 e. The van der Waals surface area contributed by atoms with Crippen molar-refractivity contribution in [2.24, 2.45) is 5.92 Å². The third kappa shape index (κ3) is 3.80. The van der Waals surface area contributed by atoms with E-state index in [0.29, 0.717) is 11.3 Å². The Labute approximate surface area is 120 Å². The zero-order valence-electron chi connectivity index (χ0n) is 11.9. The number of nitrogens with zero attached hydrogens (tertiary/aromatic N) is 2. The van der Waals surface area contributed by atoms with Crippen molar-refractivity contribution in [3.63, 3.8) is 0 Å². The molecule has 0 bridgehead atoms. The topological polar surface area (TPSA) is 65.8 Å². The van der Waals surface area contributed by atoms with Crippen LogP contribution in [0.15, 0.2) is 18.3 Å². The van der Waals surface area contributed by atoms with Gasteiger partial charge in [0.2, 0.25) is 0 Å². The van der Waals surface area contributed by atoms with E-state index in [9.17, 15) is 4.79 Å². The lowest BCUT2D eigenvalue weighted by molar-refractivity contribution is 0.0916. The molecule has 0 saturated heterocycles. The van der Waals surface area contributed by atoms with Crippen LogP contribution >= 0.6 is 0 Å². The summed E-state index contributed by atoms with van der Waals surface area (Å²) in [6.07, 6.45) is 8.53. The summed E-state index contributed by atoms with van der Waals surface area (Å²) < 4.78 is 0. The summed E-state index contributed by atoms with van der Waals surface area (Å²) in [4.78, 5) is 16.1. The highest BCUT2D eigenvalue weighted by Crippen LogP contribution is 2.27. The van der Waals surface area contributed by atoms with E-state index in [1.807, 2.05) is 6.07 Å². The Hall–Kier alpha value is -1.89. The first-order chi connectivity index (χ1) is 9.72. The van der Waals surface area contributed by atoms with Gasteiger partial charge in [-0.1, -0.05) is 19.8 Å². The number of rotatable bonds is 4. The van der Waals surface area contributed by atoms with Gasteiger partial charge in [-0.15, -0.1) is 0 Å². The lowest BCUT2D eigenvalue weighted by Gasteiger charge is -2.28. The molecule has 1 fully saturated rings. The molecule has 4 nitrogen and oxygen atoms in total. The van der Waals surface area contributed by atoms with Gasteiger partial charge in [0.25, 0.3) is 5.91 Å². The van der Waals surface area contributed by atoms with Crippen LogP contribution in [-0.2, 0) is 0 Å². The fourth-order valence-corrected chi connectivity index (χ4v) is 2.86. The second-order valence-electron chi connectivity index (χ2n) is 5.52. The number of pyridine rings is 1. The Kier molecular flexibility index (Phi) is 5.11. The molecule has 20 heavy (non-hydrogen) atoms. The molecule has 1 saturated carbocycles. The van der Waals surface area contributed by atoms with Crippen LogP contribution in [0, 0.1) is 17.2 Å². The maximum Gasteiger partial charge on any atom is 0.270 e. The minimum Gasteiger partial charge on any atom is -0.348 e. The fraction of sp³-hybridized carbons (Fsp3) is 0.562. The van der Waals surface area contributed by atoms with E-state index in [2.05, 4.69) is 17.2 Å². The molecule has 0 radical (unpaired) electrons. The standard InChI is InChI=1S/C16H21N3O/c1-2-3-12-4-7-14(8-5-12)19-16(20)15-9-6-13(10-17)11-18-15/h6,9,11-12,14H,2-5,7-8H2,1H3,(H,19,20). The van der Waals surface area contributed by atoms with Crippen LogP contribution < -0.4 is 5.32 Å². The van der Waals surface area contributed by atoms with E-state index in [0.717, 1.165) is 18.8 Å². The summed E-state index contributed by atoms with van der Waals surface area (Å²) in [7, 11) is 0. The molecule has 0 spiro atoms. The summed E-state index contributed by atoms with van der Waals surface area (Å²) in [6, 6.07) is 5.50. The third-order valence-electron chi connectivity index (χ3n) is 4.00. The molecule has 1 aliphatic rings. The molecule has 2 rings (SSSR count). The molecule has 0 atom stereocenters. The average molecular weight is 271 g/mol. The number of aromatic nitrogens is 1. The van der Waals surface area contributed by atoms with Crippen molar-refractivity contribution in [3.05, 3.63) is 29.6 Å². The molecule has 4 heteroatoms. The summed E-state index contributed by atoms with van der Waals surface area (Å²) in [5, 5.41) is 11.8. The van der Waals surface area contributed by atoms with Crippen LogP contribution in [0.25, 0.3) is 0 Å². The van der Waals surface area contributed by atoms with Crippen LogP contribution in [0.5, 0.6) is 0 Å². The molecule has 1 aromatic heterocycles. The molecule has 106 valence electrons. The molecule has 1 N–H and O–H groups in total. The molecule has 1 amide bonds. The molecule has 1 aliphatic carbocycles. The largest absolute Gasteiger partial charge is 0.348 e. The molecular formula is C16H21N3O. The highest BCUT2D eigenvalue weighted by Gasteiger charge is 2.22. The van der Waals surface area contributed by atoms with Gasteiger partial charge in [-0.2, -0.15) is 5.26 Å². The monoisotopic (exact) mass is 271 g/mol. The van der Waals surface area contributed by atoms with Gasteiger partial charge in [0, 0.05) is 12.2 Å². The van der Waals surface area contributed by atoms with Crippen LogP contribution in [0.4, 0.5) is 0 Å². The number of carbonyl (C=O) groups excluding carboxylic acids is 1. The predicted molar refractivity (Wildman–Crippen MR) is 77.1 cm³/mol. The van der Waals surface area contributed by atoms with Crippen molar-refractivity contribution >= 4 is 5.91 Å². The molecule has 0 unspecified atom stereocenters. The number of hydrogen-bond donors (Lipinski definition) is 1. The van der Waals surface area contributed by atoms with Crippen LogP contribution in [0.2, 0.25) is 0 Å². The van der Waals surface area contributed by atoms with E-state index < -0.39 is 0 Å². The van der Waals surface area contributed by atoms with Crippen LogP contribution in [0.1, 0.15) is 61.5 Å². The minimum atomic E-state index is -0.131. The molecular weight excluding hydrogens is 250 g/mol. The van der Waals surface area contributed by atoms with Gasteiger partial charge in [-0.25, -0.2) is 4.98 Å². The number of amides is 1. The SMILES string of the molecule is CCCC1CCC(NC(=O)c2ccc(C#N)cn2)CC1. The van der Waals surface area contributed by atoms with E-state index in [1.54, 1.807) is 12.1 Å². The zero-order valence-corrected chi connectivity index (χ0v) is 11.9.